The number of benzene rings is 3. The SMILES string of the molecule is CS(=O)(=O)c1ccc(-c2cccc3nc(Nc4ccc(N5CCN(CC(=O)NCCCCCNc6cccc7c6C(=O)N(C6CCC(=O)NC6=O)C7=O)CC5)cc4)nn23)cc1. The Hall–Kier alpha value is -6.66. The summed E-state index contributed by atoms with van der Waals surface area (Å²) in [7, 11) is -3.30. The van der Waals surface area contributed by atoms with E-state index in [0.717, 1.165) is 73.0 Å². The first-order valence-corrected chi connectivity index (χ1v) is 22.2. The molecule has 0 saturated carbocycles. The van der Waals surface area contributed by atoms with Crippen LogP contribution in [0.25, 0.3) is 16.9 Å². The van der Waals surface area contributed by atoms with Crippen LogP contribution in [0.5, 0.6) is 0 Å². The van der Waals surface area contributed by atoms with Crippen molar-refractivity contribution in [1.82, 2.24) is 35.0 Å². The average Bonchev–Trinajstić information content (AvgIpc) is 3.78. The summed E-state index contributed by atoms with van der Waals surface area (Å²) in [5, 5.41) is 16.5. The van der Waals surface area contributed by atoms with Crippen LogP contribution in [0, 0.1) is 0 Å². The van der Waals surface area contributed by atoms with Gasteiger partial charge in [0.25, 0.3) is 11.8 Å². The summed E-state index contributed by atoms with van der Waals surface area (Å²) in [5.74, 6) is -1.71. The maximum atomic E-state index is 13.3. The lowest BCUT2D eigenvalue weighted by molar-refractivity contribution is -0.136. The van der Waals surface area contributed by atoms with E-state index in [4.69, 9.17) is 0 Å². The maximum absolute atomic E-state index is 13.3. The van der Waals surface area contributed by atoms with Crippen LogP contribution in [0.4, 0.5) is 23.0 Å². The van der Waals surface area contributed by atoms with Crippen molar-refractivity contribution >= 4 is 68.0 Å². The molecular weight excluding hydrogens is 801 g/mol. The molecule has 0 bridgehead atoms. The number of rotatable bonds is 15. The molecule has 2 aromatic heterocycles. The number of carbonyl (C=O) groups is 5. The van der Waals surface area contributed by atoms with Crippen molar-refractivity contribution in [3.8, 4) is 11.3 Å². The van der Waals surface area contributed by atoms with Gasteiger partial charge in [0.2, 0.25) is 23.7 Å². The molecule has 2 fully saturated rings. The maximum Gasteiger partial charge on any atom is 0.264 e. The van der Waals surface area contributed by atoms with Gasteiger partial charge in [0.15, 0.2) is 15.5 Å². The van der Waals surface area contributed by atoms with Crippen LogP contribution < -0.4 is 26.2 Å². The molecule has 0 aliphatic carbocycles. The molecular formula is C43H46N10O7S. The Balaban J connectivity index is 0.735. The summed E-state index contributed by atoms with van der Waals surface area (Å²) in [4.78, 5) is 73.4. The van der Waals surface area contributed by atoms with E-state index in [0.29, 0.717) is 36.9 Å². The molecule has 3 aliphatic heterocycles. The standard InChI is InChI=1S/C43H46N10O7S/c1-61(59,60)31-17-11-28(12-18-31)34-9-6-10-36-47-43(49-53(34)36)46-29-13-15-30(16-14-29)51-25-23-50(24-26-51)27-38(55)45-22-4-2-3-21-44-33-8-5-7-32-39(33)42(58)52(41(32)57)35-19-20-37(54)48-40(35)56/h5-18,35,44H,2-4,19-27H2,1H3,(H,45,55)(H,46,49)(H,48,54,56). The van der Waals surface area contributed by atoms with Gasteiger partial charge >= 0.3 is 0 Å². The largest absolute Gasteiger partial charge is 0.384 e. The lowest BCUT2D eigenvalue weighted by atomic mass is 10.0. The number of anilines is 4. The number of piperidine rings is 1. The van der Waals surface area contributed by atoms with E-state index in [1.54, 1.807) is 47.0 Å². The normalized spacial score (nSPS) is 17.1. The fourth-order valence-corrected chi connectivity index (χ4v) is 8.53. The molecule has 4 N–H and O–H groups in total. The second kappa shape index (κ2) is 17.5. The third-order valence-corrected chi connectivity index (χ3v) is 12.3. The summed E-state index contributed by atoms with van der Waals surface area (Å²) in [6, 6.07) is 24.4. The number of sulfone groups is 1. The van der Waals surface area contributed by atoms with Crippen molar-refractivity contribution < 1.29 is 32.4 Å². The van der Waals surface area contributed by atoms with Crippen LogP contribution in [0.1, 0.15) is 52.8 Å². The molecule has 3 aromatic carbocycles. The van der Waals surface area contributed by atoms with Gasteiger partial charge in [-0.25, -0.2) is 12.9 Å². The van der Waals surface area contributed by atoms with Gasteiger partial charge in [0.05, 0.1) is 28.3 Å². The van der Waals surface area contributed by atoms with Gasteiger partial charge in [0, 0.05) is 74.6 Å². The van der Waals surface area contributed by atoms with Gasteiger partial charge in [-0.2, -0.15) is 4.98 Å². The fourth-order valence-electron chi connectivity index (χ4n) is 7.90. The molecule has 8 rings (SSSR count). The Morgan fingerprint density at radius 3 is 2.31 bits per heavy atom. The Labute approximate surface area is 352 Å². The monoisotopic (exact) mass is 846 g/mol. The summed E-state index contributed by atoms with van der Waals surface area (Å²) < 4.78 is 25.5. The van der Waals surface area contributed by atoms with Crippen molar-refractivity contribution in [2.24, 2.45) is 0 Å². The highest BCUT2D eigenvalue weighted by atomic mass is 32.2. The minimum Gasteiger partial charge on any atom is -0.384 e. The average molecular weight is 847 g/mol. The molecule has 5 heterocycles. The van der Waals surface area contributed by atoms with E-state index in [2.05, 4.69) is 53.3 Å². The highest BCUT2D eigenvalue weighted by Gasteiger charge is 2.45. The van der Waals surface area contributed by atoms with Crippen molar-refractivity contribution in [3.63, 3.8) is 0 Å². The molecule has 1 unspecified atom stereocenters. The zero-order chi connectivity index (χ0) is 42.7. The zero-order valence-electron chi connectivity index (χ0n) is 33.6. The summed E-state index contributed by atoms with van der Waals surface area (Å²) in [6.07, 6.45) is 3.76. The van der Waals surface area contributed by atoms with Gasteiger partial charge < -0.3 is 20.9 Å². The van der Waals surface area contributed by atoms with Crippen molar-refractivity contribution in [2.75, 3.05) is 67.6 Å². The molecule has 18 heteroatoms. The topological polar surface area (TPSA) is 208 Å². The van der Waals surface area contributed by atoms with Gasteiger partial charge in [-0.3, -0.25) is 39.1 Å². The van der Waals surface area contributed by atoms with Crippen LogP contribution in [0.15, 0.2) is 89.8 Å². The van der Waals surface area contributed by atoms with Crippen molar-refractivity contribution in [1.29, 1.82) is 0 Å². The van der Waals surface area contributed by atoms with E-state index >= 15 is 0 Å². The van der Waals surface area contributed by atoms with Crippen molar-refractivity contribution in [2.45, 2.75) is 43.0 Å². The van der Waals surface area contributed by atoms with E-state index in [1.165, 1.54) is 6.26 Å². The predicted octanol–water partition coefficient (Wildman–Crippen LogP) is 3.47. The number of hydrogen-bond donors (Lipinski definition) is 4. The number of aromatic nitrogens is 3. The quantitative estimate of drug-likeness (QED) is 0.0881. The number of nitrogens with one attached hydrogen (secondary N) is 4. The van der Waals surface area contributed by atoms with Crippen molar-refractivity contribution in [3.05, 3.63) is 96.1 Å². The molecule has 5 amide bonds. The molecule has 61 heavy (non-hydrogen) atoms. The van der Waals surface area contributed by atoms with Crippen LogP contribution in [0.3, 0.4) is 0 Å². The molecule has 0 radical (unpaired) electrons. The van der Waals surface area contributed by atoms with E-state index in [1.807, 2.05) is 30.3 Å². The van der Waals surface area contributed by atoms with Crippen LogP contribution in [-0.2, 0) is 24.2 Å². The number of pyridine rings is 1. The Bertz CT molecular complexity index is 2610. The molecule has 0 spiro atoms. The lowest BCUT2D eigenvalue weighted by Gasteiger charge is -2.35. The minimum absolute atomic E-state index is 0.0110. The number of piperazine rings is 1. The first-order chi connectivity index (χ1) is 29.4. The number of imide groups is 2. The molecule has 2 saturated heterocycles. The summed E-state index contributed by atoms with van der Waals surface area (Å²) >= 11 is 0. The smallest absolute Gasteiger partial charge is 0.264 e. The second-order valence-electron chi connectivity index (χ2n) is 15.4. The number of carbonyl (C=O) groups excluding carboxylic acids is 5. The van der Waals surface area contributed by atoms with E-state index < -0.39 is 39.5 Å². The number of amides is 5. The Morgan fingerprint density at radius 2 is 1.57 bits per heavy atom. The van der Waals surface area contributed by atoms with Gasteiger partial charge in [-0.05, 0) is 86.3 Å². The van der Waals surface area contributed by atoms with Crippen LogP contribution in [-0.4, -0.2) is 120 Å². The first-order valence-electron chi connectivity index (χ1n) is 20.3. The van der Waals surface area contributed by atoms with Crippen LogP contribution >= 0.6 is 0 Å². The van der Waals surface area contributed by atoms with E-state index in [-0.39, 0.29) is 34.8 Å². The minimum atomic E-state index is -3.30. The summed E-state index contributed by atoms with van der Waals surface area (Å²) in [5.41, 5.74) is 5.17. The van der Waals surface area contributed by atoms with E-state index in [9.17, 15) is 32.4 Å². The Morgan fingerprint density at radius 1 is 0.836 bits per heavy atom. The number of fused-ring (bicyclic) bond motifs is 2. The molecule has 1 atom stereocenters. The molecule has 17 nitrogen and oxygen atoms in total. The van der Waals surface area contributed by atoms with Gasteiger partial charge in [-0.1, -0.05) is 24.3 Å². The predicted molar refractivity (Wildman–Crippen MR) is 228 cm³/mol. The number of nitrogens with zero attached hydrogens (tertiary/aromatic N) is 6. The molecule has 5 aromatic rings. The second-order valence-corrected chi connectivity index (χ2v) is 17.4. The van der Waals surface area contributed by atoms with Gasteiger partial charge in [-0.15, -0.1) is 5.10 Å². The zero-order valence-corrected chi connectivity index (χ0v) is 34.4. The molecule has 316 valence electrons. The Kier molecular flexibility index (Phi) is 11.8. The third-order valence-electron chi connectivity index (χ3n) is 11.1. The van der Waals surface area contributed by atoms with Crippen LogP contribution in [0.2, 0.25) is 0 Å². The lowest BCUT2D eigenvalue weighted by Crippen LogP contribution is -2.54. The third kappa shape index (κ3) is 9.09. The van der Waals surface area contributed by atoms with Gasteiger partial charge in [0.1, 0.15) is 6.04 Å². The fraction of sp³-hybridized carbons (Fsp3) is 0.326. The first kappa shape index (κ1) is 41.1. The number of hydrogen-bond acceptors (Lipinski definition) is 13. The highest BCUT2D eigenvalue weighted by Crippen LogP contribution is 2.32. The summed E-state index contributed by atoms with van der Waals surface area (Å²) in [6.45, 7) is 4.53. The molecule has 3 aliphatic rings. The highest BCUT2D eigenvalue weighted by molar-refractivity contribution is 7.90. The number of unbranched alkanes of at least 4 members (excludes halogenated alkanes) is 2.